The SMILES string of the molecule is CCC(C)C1=C(/C=C/F)CC(C)CO1. The topological polar surface area (TPSA) is 9.23 Å². The van der Waals surface area contributed by atoms with Crippen molar-refractivity contribution in [2.75, 3.05) is 6.61 Å². The van der Waals surface area contributed by atoms with Crippen molar-refractivity contribution in [1.82, 2.24) is 0 Å². The minimum atomic E-state index is 0.397. The van der Waals surface area contributed by atoms with Crippen molar-refractivity contribution >= 4 is 0 Å². The van der Waals surface area contributed by atoms with Crippen LogP contribution in [0.3, 0.4) is 0 Å². The molecule has 0 aromatic carbocycles. The van der Waals surface area contributed by atoms with Crippen molar-refractivity contribution in [3.8, 4) is 0 Å². The number of halogens is 1. The highest BCUT2D eigenvalue weighted by Gasteiger charge is 2.20. The van der Waals surface area contributed by atoms with Crippen LogP contribution < -0.4 is 0 Å². The van der Waals surface area contributed by atoms with Crippen LogP contribution in [-0.2, 0) is 4.74 Å². The second-order valence-corrected chi connectivity index (χ2v) is 4.11. The summed E-state index contributed by atoms with van der Waals surface area (Å²) in [5.41, 5.74) is 1.03. The molecule has 0 N–H and O–H groups in total. The van der Waals surface area contributed by atoms with E-state index >= 15 is 0 Å². The van der Waals surface area contributed by atoms with Crippen LogP contribution in [0.25, 0.3) is 0 Å². The fourth-order valence-corrected chi connectivity index (χ4v) is 1.73. The maximum Gasteiger partial charge on any atom is 0.102 e. The van der Waals surface area contributed by atoms with Gasteiger partial charge in [0.05, 0.1) is 12.9 Å². The molecule has 1 nitrogen and oxygen atoms in total. The first kappa shape index (κ1) is 11.3. The second kappa shape index (κ2) is 5.18. The van der Waals surface area contributed by atoms with Crippen molar-refractivity contribution in [2.24, 2.45) is 11.8 Å². The molecule has 1 aliphatic rings. The molecular formula is C12H19FO. The minimum Gasteiger partial charge on any atom is -0.497 e. The van der Waals surface area contributed by atoms with Crippen molar-refractivity contribution in [3.05, 3.63) is 23.7 Å². The van der Waals surface area contributed by atoms with Gasteiger partial charge in [0.1, 0.15) is 5.76 Å². The summed E-state index contributed by atoms with van der Waals surface area (Å²) in [5, 5.41) is 0. The molecule has 14 heavy (non-hydrogen) atoms. The van der Waals surface area contributed by atoms with Crippen molar-refractivity contribution < 1.29 is 9.13 Å². The van der Waals surface area contributed by atoms with E-state index in [4.69, 9.17) is 4.74 Å². The Morgan fingerprint density at radius 3 is 2.93 bits per heavy atom. The lowest BCUT2D eigenvalue weighted by molar-refractivity contribution is 0.124. The van der Waals surface area contributed by atoms with E-state index in [0.717, 1.165) is 30.8 Å². The Bertz CT molecular complexity index is 243. The fourth-order valence-electron chi connectivity index (χ4n) is 1.73. The highest BCUT2D eigenvalue weighted by atomic mass is 19.1. The van der Waals surface area contributed by atoms with Crippen molar-refractivity contribution in [1.29, 1.82) is 0 Å². The minimum absolute atomic E-state index is 0.397. The van der Waals surface area contributed by atoms with E-state index in [2.05, 4.69) is 20.8 Å². The number of allylic oxidation sites excluding steroid dienone is 3. The van der Waals surface area contributed by atoms with Crippen molar-refractivity contribution in [3.63, 3.8) is 0 Å². The molecule has 0 saturated heterocycles. The third-order valence-corrected chi connectivity index (χ3v) is 2.73. The smallest absolute Gasteiger partial charge is 0.102 e. The highest BCUT2D eigenvalue weighted by molar-refractivity contribution is 5.24. The Hall–Kier alpha value is -0.790. The lowest BCUT2D eigenvalue weighted by atomic mass is 9.93. The first-order valence-corrected chi connectivity index (χ1v) is 5.31. The highest BCUT2D eigenvalue weighted by Crippen LogP contribution is 2.30. The zero-order valence-corrected chi connectivity index (χ0v) is 9.22. The van der Waals surface area contributed by atoms with Crippen LogP contribution in [0, 0.1) is 11.8 Å². The summed E-state index contributed by atoms with van der Waals surface area (Å²) in [6, 6.07) is 0. The second-order valence-electron chi connectivity index (χ2n) is 4.11. The summed E-state index contributed by atoms with van der Waals surface area (Å²) < 4.78 is 17.8. The normalized spacial score (nSPS) is 25.3. The first-order chi connectivity index (χ1) is 6.69. The van der Waals surface area contributed by atoms with Gasteiger partial charge in [-0.05, 0) is 30.4 Å². The standard InChI is InChI=1S/C12H19FO/c1-4-10(3)12-11(5-6-13)7-9(2)8-14-12/h5-6,9-10H,4,7-8H2,1-3H3/b6-5+. The maximum absolute atomic E-state index is 12.2. The van der Waals surface area contributed by atoms with Gasteiger partial charge in [0, 0.05) is 5.92 Å². The number of hydrogen-bond acceptors (Lipinski definition) is 1. The Kier molecular flexibility index (Phi) is 4.18. The Morgan fingerprint density at radius 2 is 2.36 bits per heavy atom. The summed E-state index contributed by atoms with van der Waals surface area (Å²) in [5.74, 6) is 1.88. The molecule has 2 atom stereocenters. The van der Waals surface area contributed by atoms with Crippen LogP contribution >= 0.6 is 0 Å². The van der Waals surface area contributed by atoms with Gasteiger partial charge < -0.3 is 4.74 Å². The van der Waals surface area contributed by atoms with E-state index in [1.165, 1.54) is 6.08 Å². The molecule has 0 bridgehead atoms. The molecule has 1 aliphatic heterocycles. The van der Waals surface area contributed by atoms with E-state index in [0.29, 0.717) is 18.2 Å². The van der Waals surface area contributed by atoms with Gasteiger partial charge in [0.25, 0.3) is 0 Å². The molecule has 0 aromatic heterocycles. The third-order valence-electron chi connectivity index (χ3n) is 2.73. The first-order valence-electron chi connectivity index (χ1n) is 5.31. The van der Waals surface area contributed by atoms with E-state index in [1.807, 2.05) is 0 Å². The molecule has 0 saturated carbocycles. The molecule has 80 valence electrons. The van der Waals surface area contributed by atoms with Crippen LogP contribution in [0.15, 0.2) is 23.7 Å². The Labute approximate surface area is 85.6 Å². The fraction of sp³-hybridized carbons (Fsp3) is 0.667. The average molecular weight is 198 g/mol. The molecular weight excluding hydrogens is 179 g/mol. The Morgan fingerprint density at radius 1 is 1.64 bits per heavy atom. The molecule has 0 radical (unpaired) electrons. The summed E-state index contributed by atoms with van der Waals surface area (Å²) in [7, 11) is 0. The summed E-state index contributed by atoms with van der Waals surface area (Å²) >= 11 is 0. The predicted octanol–water partition coefficient (Wildman–Crippen LogP) is 3.83. The predicted molar refractivity (Wildman–Crippen MR) is 56.5 cm³/mol. The molecule has 2 heteroatoms. The largest absolute Gasteiger partial charge is 0.497 e. The molecule has 0 aliphatic carbocycles. The van der Waals surface area contributed by atoms with Crippen molar-refractivity contribution in [2.45, 2.75) is 33.6 Å². The van der Waals surface area contributed by atoms with Crippen LogP contribution in [0.5, 0.6) is 0 Å². The average Bonchev–Trinajstić information content (AvgIpc) is 2.17. The summed E-state index contributed by atoms with van der Waals surface area (Å²) in [6.45, 7) is 7.13. The maximum atomic E-state index is 12.2. The van der Waals surface area contributed by atoms with E-state index in [1.54, 1.807) is 0 Å². The summed E-state index contributed by atoms with van der Waals surface area (Å²) in [6.07, 6.45) is 4.11. The number of rotatable bonds is 3. The molecule has 0 aromatic rings. The van der Waals surface area contributed by atoms with Crippen LogP contribution in [-0.4, -0.2) is 6.61 Å². The number of ether oxygens (including phenoxy) is 1. The molecule has 1 heterocycles. The van der Waals surface area contributed by atoms with Crippen LogP contribution in [0.1, 0.15) is 33.6 Å². The van der Waals surface area contributed by atoms with Gasteiger partial charge >= 0.3 is 0 Å². The molecule has 0 amide bonds. The van der Waals surface area contributed by atoms with Crippen LogP contribution in [0.2, 0.25) is 0 Å². The van der Waals surface area contributed by atoms with E-state index in [9.17, 15) is 4.39 Å². The van der Waals surface area contributed by atoms with Gasteiger partial charge in [-0.15, -0.1) is 0 Å². The third kappa shape index (κ3) is 2.60. The lowest BCUT2D eigenvalue weighted by Crippen LogP contribution is -2.18. The zero-order chi connectivity index (χ0) is 10.6. The van der Waals surface area contributed by atoms with E-state index in [-0.39, 0.29) is 0 Å². The molecule has 0 fully saturated rings. The van der Waals surface area contributed by atoms with Gasteiger partial charge in [-0.2, -0.15) is 0 Å². The van der Waals surface area contributed by atoms with Gasteiger partial charge in [0.2, 0.25) is 0 Å². The zero-order valence-electron chi connectivity index (χ0n) is 9.22. The quantitative estimate of drug-likeness (QED) is 0.669. The monoisotopic (exact) mass is 198 g/mol. The molecule has 2 unspecified atom stereocenters. The van der Waals surface area contributed by atoms with Gasteiger partial charge in [-0.1, -0.05) is 20.8 Å². The molecule has 0 spiro atoms. The van der Waals surface area contributed by atoms with Gasteiger partial charge in [0.15, 0.2) is 0 Å². The number of hydrogen-bond donors (Lipinski definition) is 0. The van der Waals surface area contributed by atoms with Gasteiger partial charge in [-0.25, -0.2) is 4.39 Å². The molecule has 1 rings (SSSR count). The van der Waals surface area contributed by atoms with Crippen LogP contribution in [0.4, 0.5) is 4.39 Å². The Balaban J connectivity index is 2.87. The van der Waals surface area contributed by atoms with Gasteiger partial charge in [-0.3, -0.25) is 0 Å². The lowest BCUT2D eigenvalue weighted by Gasteiger charge is -2.27. The van der Waals surface area contributed by atoms with E-state index < -0.39 is 0 Å². The summed E-state index contributed by atoms with van der Waals surface area (Å²) in [4.78, 5) is 0.